The van der Waals surface area contributed by atoms with E-state index < -0.39 is 5.97 Å². The Hall–Kier alpha value is -4.37. The summed E-state index contributed by atoms with van der Waals surface area (Å²) < 4.78 is 16.1. The molecule has 1 aliphatic heterocycles. The van der Waals surface area contributed by atoms with Crippen LogP contribution < -0.4 is 14.8 Å². The number of carbonyl (C=O) groups is 1. The van der Waals surface area contributed by atoms with Crippen LogP contribution in [0, 0.1) is 6.92 Å². The minimum absolute atomic E-state index is 0.138. The summed E-state index contributed by atoms with van der Waals surface area (Å²) in [4.78, 5) is 22.5. The van der Waals surface area contributed by atoms with Gasteiger partial charge in [-0.05, 0) is 42.8 Å². The average Bonchev–Trinajstić information content (AvgIpc) is 3.51. The molecule has 0 aliphatic carbocycles. The molecule has 176 valence electrons. The van der Waals surface area contributed by atoms with Crippen LogP contribution in [0.5, 0.6) is 11.5 Å². The Labute approximate surface area is 205 Å². The van der Waals surface area contributed by atoms with E-state index >= 15 is 0 Å². The van der Waals surface area contributed by atoms with Crippen LogP contribution in [-0.4, -0.2) is 28.7 Å². The maximum absolute atomic E-state index is 13.1. The monoisotopic (exact) mass is 490 g/mol. The Morgan fingerprint density at radius 2 is 2.00 bits per heavy atom. The number of nitrogens with one attached hydrogen (secondary N) is 1. The minimum Gasteiger partial charge on any atom is -0.454 e. The summed E-state index contributed by atoms with van der Waals surface area (Å²) in [5.41, 5.74) is 2.52. The highest BCUT2D eigenvalue weighted by Gasteiger charge is 2.25. The van der Waals surface area contributed by atoms with Crippen molar-refractivity contribution in [3.8, 4) is 22.8 Å². The Balaban J connectivity index is 1.44. The van der Waals surface area contributed by atoms with Crippen LogP contribution in [0.1, 0.15) is 27.2 Å². The number of hydrogen-bond acceptors (Lipinski definition) is 8. The van der Waals surface area contributed by atoms with Gasteiger partial charge in [-0.1, -0.05) is 46.2 Å². The van der Waals surface area contributed by atoms with Gasteiger partial charge in [-0.25, -0.2) is 4.79 Å². The first-order chi connectivity index (χ1) is 17.1. The highest BCUT2D eigenvalue weighted by atomic mass is 35.5. The van der Waals surface area contributed by atoms with Gasteiger partial charge in [-0.2, -0.15) is 0 Å². The molecule has 0 radical (unpaired) electrons. The zero-order valence-corrected chi connectivity index (χ0v) is 19.3. The van der Waals surface area contributed by atoms with Crippen molar-refractivity contribution < 1.29 is 23.6 Å². The van der Waals surface area contributed by atoms with Crippen LogP contribution in [0.25, 0.3) is 11.3 Å². The molecule has 1 N–H and O–H groups in total. The number of benzene rings is 2. The highest BCUT2D eigenvalue weighted by Crippen LogP contribution is 2.33. The number of nitrogens with zero attached hydrogens (tertiary/aromatic N) is 3. The topological polar surface area (TPSA) is 108 Å². The van der Waals surface area contributed by atoms with Crippen LogP contribution in [0.15, 0.2) is 76.7 Å². The first kappa shape index (κ1) is 22.4. The van der Waals surface area contributed by atoms with E-state index in [0.29, 0.717) is 40.0 Å². The van der Waals surface area contributed by atoms with E-state index in [1.165, 1.54) is 0 Å². The van der Waals surface area contributed by atoms with Gasteiger partial charge in [0.2, 0.25) is 6.79 Å². The van der Waals surface area contributed by atoms with E-state index in [1.54, 1.807) is 61.8 Å². The quantitative estimate of drug-likeness (QED) is 0.179. The summed E-state index contributed by atoms with van der Waals surface area (Å²) in [6, 6.07) is 16.1. The van der Waals surface area contributed by atoms with E-state index in [2.05, 4.69) is 20.6 Å². The molecule has 0 saturated heterocycles. The molecule has 0 unspecified atom stereocenters. The molecule has 3 heterocycles. The molecule has 0 amide bonds. The zero-order valence-electron chi connectivity index (χ0n) is 18.5. The van der Waals surface area contributed by atoms with Gasteiger partial charge in [0.1, 0.15) is 17.0 Å². The molecule has 10 heteroatoms. The predicted molar refractivity (Wildman–Crippen MR) is 127 cm³/mol. The molecule has 1 aliphatic rings. The Kier molecular flexibility index (Phi) is 6.32. The second-order valence-corrected chi connectivity index (χ2v) is 7.95. The molecule has 0 bridgehead atoms. The lowest BCUT2D eigenvalue weighted by molar-refractivity contribution is 0.0513. The van der Waals surface area contributed by atoms with E-state index in [9.17, 15) is 4.79 Å². The van der Waals surface area contributed by atoms with Crippen LogP contribution >= 0.6 is 11.6 Å². The number of aromatic nitrogens is 2. The van der Waals surface area contributed by atoms with E-state index in [1.807, 2.05) is 12.1 Å². The van der Waals surface area contributed by atoms with Crippen molar-refractivity contribution in [3.05, 3.63) is 94.5 Å². The van der Waals surface area contributed by atoms with Gasteiger partial charge in [0, 0.05) is 30.1 Å². The molecule has 2 aromatic heterocycles. The van der Waals surface area contributed by atoms with E-state index in [0.717, 1.165) is 5.56 Å². The lowest BCUT2D eigenvalue weighted by Gasteiger charge is -2.10. The van der Waals surface area contributed by atoms with Crippen molar-refractivity contribution in [2.45, 2.75) is 13.5 Å². The predicted octanol–water partition coefficient (Wildman–Crippen LogP) is 4.74. The van der Waals surface area contributed by atoms with E-state index in [4.69, 9.17) is 30.4 Å². The Bertz CT molecular complexity index is 1400. The maximum Gasteiger partial charge on any atom is 0.371 e. The first-order valence-electron chi connectivity index (χ1n) is 10.6. The van der Waals surface area contributed by atoms with Crippen molar-refractivity contribution >= 4 is 23.4 Å². The molecule has 0 spiro atoms. The second kappa shape index (κ2) is 9.86. The molecular weight excluding hydrogens is 472 g/mol. The summed E-state index contributed by atoms with van der Waals surface area (Å²) in [6.45, 7) is 2.16. The number of ether oxygens (including phenoxy) is 2. The maximum atomic E-state index is 13.1. The molecule has 5 rings (SSSR count). The van der Waals surface area contributed by atoms with Gasteiger partial charge in [0.05, 0.1) is 5.02 Å². The third-order valence-electron chi connectivity index (χ3n) is 5.24. The second-order valence-electron chi connectivity index (χ2n) is 7.54. The number of amidine groups is 1. The average molecular weight is 491 g/mol. The molecular formula is C25H19ClN4O5. The zero-order chi connectivity index (χ0) is 24.2. The Morgan fingerprint density at radius 1 is 1.14 bits per heavy atom. The van der Waals surface area contributed by atoms with Crippen molar-refractivity contribution in [2.75, 3.05) is 6.79 Å². The number of pyridine rings is 1. The smallest absolute Gasteiger partial charge is 0.371 e. The van der Waals surface area contributed by atoms with Gasteiger partial charge >= 0.3 is 5.97 Å². The van der Waals surface area contributed by atoms with Crippen LogP contribution in [0.4, 0.5) is 0 Å². The molecule has 4 aromatic rings. The highest BCUT2D eigenvalue weighted by molar-refractivity contribution is 6.33. The van der Waals surface area contributed by atoms with Gasteiger partial charge < -0.3 is 24.2 Å². The van der Waals surface area contributed by atoms with Crippen molar-refractivity contribution in [1.82, 2.24) is 15.5 Å². The molecule has 0 fully saturated rings. The van der Waals surface area contributed by atoms with Gasteiger partial charge in [-0.3, -0.25) is 4.98 Å². The summed E-state index contributed by atoms with van der Waals surface area (Å²) in [6.07, 6.45) is 3.42. The fraction of sp³-hybridized carbons (Fsp3) is 0.120. The number of halogens is 1. The lowest BCUT2D eigenvalue weighted by Crippen LogP contribution is -2.25. The largest absolute Gasteiger partial charge is 0.454 e. The summed E-state index contributed by atoms with van der Waals surface area (Å²) in [5, 5.41) is 11.8. The Morgan fingerprint density at radius 3 is 2.83 bits per heavy atom. The van der Waals surface area contributed by atoms with Crippen molar-refractivity contribution in [2.24, 2.45) is 5.16 Å². The summed E-state index contributed by atoms with van der Waals surface area (Å²) in [7, 11) is 0. The third-order valence-corrected chi connectivity index (χ3v) is 5.57. The van der Waals surface area contributed by atoms with Gasteiger partial charge in [0.15, 0.2) is 17.3 Å². The molecule has 35 heavy (non-hydrogen) atoms. The normalized spacial score (nSPS) is 12.5. The van der Waals surface area contributed by atoms with E-state index in [-0.39, 0.29) is 23.8 Å². The fourth-order valence-corrected chi connectivity index (χ4v) is 3.73. The number of aryl methyl sites for hydroxylation is 1. The summed E-state index contributed by atoms with van der Waals surface area (Å²) >= 11 is 6.30. The minimum atomic E-state index is -0.736. The number of carbonyl (C=O) groups excluding carboxylic acids is 1. The standard InChI is InChI=1S/C25H19ClN4O5/c1-15-22(23(29-34-15)18-6-2-3-7-19(18)26)25(31)35-30-24(28-13-16-5-4-10-27-12-16)17-8-9-20-21(11-17)33-14-32-20/h2-12H,13-14H2,1H3,(H,28,30). The number of rotatable bonds is 6. The first-order valence-corrected chi connectivity index (χ1v) is 11.0. The summed E-state index contributed by atoms with van der Waals surface area (Å²) in [5.74, 6) is 1.06. The van der Waals surface area contributed by atoms with Crippen LogP contribution in [-0.2, 0) is 11.4 Å². The molecule has 0 atom stereocenters. The van der Waals surface area contributed by atoms with Crippen molar-refractivity contribution in [1.29, 1.82) is 0 Å². The van der Waals surface area contributed by atoms with Gasteiger partial charge in [-0.15, -0.1) is 0 Å². The molecule has 9 nitrogen and oxygen atoms in total. The molecule has 0 saturated carbocycles. The van der Waals surface area contributed by atoms with Gasteiger partial charge in [0.25, 0.3) is 0 Å². The number of fused-ring (bicyclic) bond motifs is 1. The van der Waals surface area contributed by atoms with Crippen LogP contribution in [0.3, 0.4) is 0 Å². The van der Waals surface area contributed by atoms with Crippen LogP contribution in [0.2, 0.25) is 5.02 Å². The third kappa shape index (κ3) is 4.80. The molecule has 2 aromatic carbocycles. The lowest BCUT2D eigenvalue weighted by atomic mass is 10.1. The fourth-order valence-electron chi connectivity index (χ4n) is 3.50. The number of oxime groups is 1. The number of hydrogen-bond donors (Lipinski definition) is 1. The van der Waals surface area contributed by atoms with Crippen molar-refractivity contribution in [3.63, 3.8) is 0 Å². The SMILES string of the molecule is Cc1onc(-c2ccccc2Cl)c1C(=O)O/N=C(\NCc1cccnc1)c1ccc2c(c1)OCO2.